The minimum absolute atomic E-state index is 0.0111. The fourth-order valence-electron chi connectivity index (χ4n) is 6.23. The van der Waals surface area contributed by atoms with Crippen molar-refractivity contribution in [2.75, 3.05) is 39.6 Å². The summed E-state index contributed by atoms with van der Waals surface area (Å²) in [4.78, 5) is 23.6. The van der Waals surface area contributed by atoms with Gasteiger partial charge in [-0.25, -0.2) is 4.79 Å². The van der Waals surface area contributed by atoms with E-state index in [0.29, 0.717) is 23.7 Å². The molecule has 8 nitrogen and oxygen atoms in total. The highest BCUT2D eigenvalue weighted by Gasteiger charge is 2.37. The lowest BCUT2D eigenvalue weighted by Gasteiger charge is -2.40. The molecule has 0 N–H and O–H groups in total. The normalized spacial score (nSPS) is 15.8. The third-order valence-electron chi connectivity index (χ3n) is 9.45. The molecular weight excluding hydrogens is 701 g/mol. The lowest BCUT2D eigenvalue weighted by atomic mass is 9.84. The highest BCUT2D eigenvalue weighted by atomic mass is 19.4. The van der Waals surface area contributed by atoms with Crippen molar-refractivity contribution >= 4 is 18.1 Å². The number of carbonyl (C=O) groups is 1. The predicted molar refractivity (Wildman–Crippen MR) is 198 cm³/mol. The molecule has 1 aliphatic heterocycles. The van der Waals surface area contributed by atoms with Gasteiger partial charge in [-0.1, -0.05) is 62.4 Å². The smallest absolute Gasteiger partial charge is 0.494 e. The highest BCUT2D eigenvalue weighted by Crippen LogP contribution is 2.47. The molecule has 1 unspecified atom stereocenters. The molecule has 0 radical (unpaired) electrons. The second-order valence-electron chi connectivity index (χ2n) is 13.4. The fourth-order valence-corrected chi connectivity index (χ4v) is 6.23. The molecule has 1 atom stereocenters. The van der Waals surface area contributed by atoms with Crippen LogP contribution in [0.5, 0.6) is 23.0 Å². The molecule has 4 aromatic carbocycles. The number of hydrogen-bond acceptors (Lipinski definition) is 8. The van der Waals surface area contributed by atoms with Crippen molar-refractivity contribution in [1.29, 1.82) is 0 Å². The SMILES string of the molecule is CCC1(COCCCCOc2ccc(/C=C\COOc3ccc4c(c3)C(C)c3cc(OC(=O)/C=C/c5ccc(OC(F)(F)F)cc5)ccc3-4)cc2)COC1. The van der Waals surface area contributed by atoms with Crippen molar-refractivity contribution in [2.45, 2.75) is 45.4 Å². The van der Waals surface area contributed by atoms with Gasteiger partial charge in [0.15, 0.2) is 5.75 Å². The lowest BCUT2D eigenvalue weighted by molar-refractivity contribution is -0.274. The van der Waals surface area contributed by atoms with Crippen LogP contribution in [0.3, 0.4) is 0 Å². The van der Waals surface area contributed by atoms with Crippen LogP contribution in [-0.4, -0.2) is 52.0 Å². The summed E-state index contributed by atoms with van der Waals surface area (Å²) in [5, 5.41) is 0. The van der Waals surface area contributed by atoms with E-state index in [2.05, 4.69) is 18.6 Å². The largest absolute Gasteiger partial charge is 0.573 e. The second kappa shape index (κ2) is 17.8. The maximum absolute atomic E-state index is 12.5. The zero-order valence-electron chi connectivity index (χ0n) is 30.2. The second-order valence-corrected chi connectivity index (χ2v) is 13.4. The molecule has 6 rings (SSSR count). The third kappa shape index (κ3) is 10.5. The zero-order chi connectivity index (χ0) is 38.0. The molecule has 2 aliphatic rings. The lowest BCUT2D eigenvalue weighted by Crippen LogP contribution is -2.45. The number of benzene rings is 4. The van der Waals surface area contributed by atoms with E-state index in [1.807, 2.05) is 66.7 Å². The molecule has 4 aromatic rings. The van der Waals surface area contributed by atoms with E-state index in [0.717, 1.165) is 79.3 Å². The highest BCUT2D eigenvalue weighted by molar-refractivity contribution is 5.89. The third-order valence-corrected chi connectivity index (χ3v) is 9.45. The molecule has 1 fully saturated rings. The van der Waals surface area contributed by atoms with E-state index in [1.54, 1.807) is 6.07 Å². The average molecular weight is 745 g/mol. The van der Waals surface area contributed by atoms with Crippen LogP contribution >= 0.6 is 0 Å². The standard InChI is InChI=1S/C43H43F3O8/c1-3-42(28-49-29-42)27-48-22-4-5-23-50-33-13-8-31(9-14-33)7-6-24-51-54-36-18-20-38-37-19-17-35(25-39(37)30(2)40(38)26-36)52-41(47)21-12-32-10-15-34(16-11-32)53-43(44,45)46/h6-21,25-26,30H,3-5,22-24,27-29H2,1-2H3/b7-6-,21-12+. The predicted octanol–water partition coefficient (Wildman–Crippen LogP) is 9.96. The molecule has 0 aromatic heterocycles. The number of esters is 1. The Morgan fingerprint density at radius 3 is 2.07 bits per heavy atom. The van der Waals surface area contributed by atoms with Gasteiger partial charge in [0, 0.05) is 24.0 Å². The first kappa shape index (κ1) is 38.6. The first-order valence-electron chi connectivity index (χ1n) is 18.0. The van der Waals surface area contributed by atoms with E-state index in [9.17, 15) is 18.0 Å². The minimum Gasteiger partial charge on any atom is -0.494 e. The zero-order valence-corrected chi connectivity index (χ0v) is 30.2. The van der Waals surface area contributed by atoms with Crippen molar-refractivity contribution in [2.24, 2.45) is 5.41 Å². The van der Waals surface area contributed by atoms with E-state index < -0.39 is 12.3 Å². The Hall–Kier alpha value is -5.10. The van der Waals surface area contributed by atoms with Gasteiger partial charge >= 0.3 is 12.3 Å². The van der Waals surface area contributed by atoms with Gasteiger partial charge in [-0.15, -0.1) is 13.2 Å². The van der Waals surface area contributed by atoms with Gasteiger partial charge in [-0.2, -0.15) is 4.89 Å². The molecule has 0 saturated carbocycles. The van der Waals surface area contributed by atoms with Crippen LogP contribution in [0.4, 0.5) is 13.2 Å². The van der Waals surface area contributed by atoms with Crippen LogP contribution in [0.15, 0.2) is 97.1 Å². The van der Waals surface area contributed by atoms with Crippen LogP contribution in [0, 0.1) is 5.41 Å². The van der Waals surface area contributed by atoms with Gasteiger partial charge in [-0.3, -0.25) is 0 Å². The summed E-state index contributed by atoms with van der Waals surface area (Å²) in [6.07, 6.45) is 4.70. The molecule has 11 heteroatoms. The maximum Gasteiger partial charge on any atom is 0.573 e. The van der Waals surface area contributed by atoms with Gasteiger partial charge in [0.05, 0.1) is 26.4 Å². The van der Waals surface area contributed by atoms with E-state index in [4.69, 9.17) is 28.7 Å². The topological polar surface area (TPSA) is 81.7 Å². The Balaban J connectivity index is 0.904. The summed E-state index contributed by atoms with van der Waals surface area (Å²) in [6, 6.07) is 24.3. The van der Waals surface area contributed by atoms with Crippen LogP contribution in [-0.2, 0) is 19.2 Å². The fraction of sp³-hybridized carbons (Fsp3) is 0.326. The number of halogens is 3. The van der Waals surface area contributed by atoms with Crippen molar-refractivity contribution in [3.8, 4) is 34.1 Å². The maximum atomic E-state index is 12.5. The van der Waals surface area contributed by atoms with Gasteiger partial charge in [0.1, 0.15) is 23.9 Å². The summed E-state index contributed by atoms with van der Waals surface area (Å²) in [5.74, 6) is 0.825. The molecule has 1 saturated heterocycles. The Morgan fingerprint density at radius 1 is 0.815 bits per heavy atom. The van der Waals surface area contributed by atoms with Crippen LogP contribution in [0.25, 0.3) is 23.3 Å². The van der Waals surface area contributed by atoms with E-state index in [1.165, 1.54) is 36.4 Å². The van der Waals surface area contributed by atoms with E-state index in [-0.39, 0.29) is 23.7 Å². The Bertz CT molecular complexity index is 1910. The molecule has 0 bridgehead atoms. The molecule has 1 aliphatic carbocycles. The van der Waals surface area contributed by atoms with Gasteiger partial charge in [0.2, 0.25) is 0 Å². The summed E-state index contributed by atoms with van der Waals surface area (Å²) in [5.41, 5.74) is 5.91. The quantitative estimate of drug-likeness (QED) is 0.0249. The van der Waals surface area contributed by atoms with Crippen molar-refractivity contribution in [1.82, 2.24) is 0 Å². The van der Waals surface area contributed by atoms with Crippen molar-refractivity contribution in [3.05, 3.63) is 119 Å². The minimum atomic E-state index is -4.77. The Labute approximate surface area is 313 Å². The van der Waals surface area contributed by atoms with Gasteiger partial charge in [-0.05, 0) is 107 Å². The van der Waals surface area contributed by atoms with Gasteiger partial charge in [0.25, 0.3) is 0 Å². The summed E-state index contributed by atoms with van der Waals surface area (Å²) in [6.45, 7) is 8.27. The number of alkyl halides is 3. The first-order valence-corrected chi connectivity index (χ1v) is 18.0. The van der Waals surface area contributed by atoms with Gasteiger partial charge < -0.3 is 28.6 Å². The van der Waals surface area contributed by atoms with Crippen LogP contribution in [0.2, 0.25) is 0 Å². The monoisotopic (exact) mass is 744 g/mol. The number of rotatable bonds is 18. The number of ether oxygens (including phenoxy) is 5. The molecule has 0 amide bonds. The summed E-state index contributed by atoms with van der Waals surface area (Å²) >= 11 is 0. The number of hydrogen-bond donors (Lipinski definition) is 0. The number of unbranched alkanes of at least 4 members (excludes halogenated alkanes) is 1. The average Bonchev–Trinajstić information content (AvgIpc) is 3.41. The Morgan fingerprint density at radius 2 is 1.43 bits per heavy atom. The van der Waals surface area contributed by atoms with Crippen molar-refractivity contribution < 1.29 is 51.4 Å². The summed E-state index contributed by atoms with van der Waals surface area (Å²) in [7, 11) is 0. The molecular formula is C43H43F3O8. The molecule has 0 spiro atoms. The molecule has 1 heterocycles. The van der Waals surface area contributed by atoms with E-state index >= 15 is 0 Å². The first-order chi connectivity index (χ1) is 26.1. The van der Waals surface area contributed by atoms with Crippen LogP contribution in [0.1, 0.15) is 61.3 Å². The molecule has 284 valence electrons. The summed E-state index contributed by atoms with van der Waals surface area (Å²) < 4.78 is 63.6. The number of carbonyl (C=O) groups excluding carboxylic acids is 1. The molecule has 54 heavy (non-hydrogen) atoms. The number of fused-ring (bicyclic) bond motifs is 3. The van der Waals surface area contributed by atoms with Crippen molar-refractivity contribution in [3.63, 3.8) is 0 Å². The van der Waals surface area contributed by atoms with Crippen LogP contribution < -0.4 is 19.1 Å². The Kier molecular flexibility index (Phi) is 12.7.